The zero-order valence-corrected chi connectivity index (χ0v) is 11.2. The van der Waals surface area contributed by atoms with Gasteiger partial charge in [0.1, 0.15) is 17.5 Å². The number of hydrogen-bond donors (Lipinski definition) is 1. The summed E-state index contributed by atoms with van der Waals surface area (Å²) in [5.74, 6) is 0.583. The molecule has 0 bridgehead atoms. The van der Waals surface area contributed by atoms with Gasteiger partial charge in [-0.1, -0.05) is 6.07 Å². The number of aromatic nitrogens is 3. The van der Waals surface area contributed by atoms with E-state index in [9.17, 15) is 0 Å². The van der Waals surface area contributed by atoms with Crippen LogP contribution in [0, 0.1) is 18.3 Å². The Hall–Kier alpha value is -3.20. The fraction of sp³-hybridized carbons (Fsp3) is 0.0667. The Morgan fingerprint density at radius 3 is 2.62 bits per heavy atom. The van der Waals surface area contributed by atoms with E-state index < -0.39 is 0 Å². The zero-order valence-electron chi connectivity index (χ0n) is 11.2. The van der Waals surface area contributed by atoms with Crippen molar-refractivity contribution in [2.75, 3.05) is 5.32 Å². The summed E-state index contributed by atoms with van der Waals surface area (Å²) in [6.45, 7) is 1.97. The molecule has 0 aliphatic rings. The molecule has 0 fully saturated rings. The maximum atomic E-state index is 8.70. The molecule has 1 N–H and O–H groups in total. The fourth-order valence-electron chi connectivity index (χ4n) is 1.72. The first-order valence-corrected chi connectivity index (χ1v) is 6.26. The van der Waals surface area contributed by atoms with E-state index in [1.165, 1.54) is 0 Å². The zero-order chi connectivity index (χ0) is 14.7. The molecular weight excluding hydrogens is 266 g/mol. The Labute approximate surface area is 121 Å². The van der Waals surface area contributed by atoms with Gasteiger partial charge in [0.2, 0.25) is 0 Å². The maximum absolute atomic E-state index is 8.70. The number of nitrogens with zero attached hydrogens (tertiary/aromatic N) is 4. The van der Waals surface area contributed by atoms with Gasteiger partial charge in [0.15, 0.2) is 5.76 Å². The molecule has 3 heterocycles. The average molecular weight is 277 g/mol. The van der Waals surface area contributed by atoms with Crippen molar-refractivity contribution in [2.24, 2.45) is 0 Å². The van der Waals surface area contributed by atoms with Crippen molar-refractivity contribution in [3.63, 3.8) is 0 Å². The van der Waals surface area contributed by atoms with Crippen LogP contribution in [0.5, 0.6) is 0 Å². The number of hydrogen-bond acceptors (Lipinski definition) is 6. The Morgan fingerprint density at radius 1 is 1.05 bits per heavy atom. The molecule has 0 unspecified atom stereocenters. The number of anilines is 2. The summed E-state index contributed by atoms with van der Waals surface area (Å²) >= 11 is 0. The second kappa shape index (κ2) is 5.43. The van der Waals surface area contributed by atoms with Gasteiger partial charge in [0.05, 0.1) is 18.1 Å². The van der Waals surface area contributed by atoms with Crippen LogP contribution in [0.1, 0.15) is 11.3 Å². The van der Waals surface area contributed by atoms with E-state index in [4.69, 9.17) is 9.68 Å². The molecule has 6 nitrogen and oxygen atoms in total. The van der Waals surface area contributed by atoms with Crippen LogP contribution < -0.4 is 5.32 Å². The molecule has 0 saturated heterocycles. The minimum absolute atomic E-state index is 0.346. The summed E-state index contributed by atoms with van der Waals surface area (Å²) in [6.07, 6.45) is 4.93. The minimum atomic E-state index is 0.346. The third-order valence-electron chi connectivity index (χ3n) is 2.80. The van der Waals surface area contributed by atoms with Crippen molar-refractivity contribution in [2.45, 2.75) is 6.92 Å². The number of aryl methyl sites for hydroxylation is 1. The summed E-state index contributed by atoms with van der Waals surface area (Å²) in [4.78, 5) is 12.4. The normalized spacial score (nSPS) is 10.1. The highest BCUT2D eigenvalue weighted by Crippen LogP contribution is 2.22. The van der Waals surface area contributed by atoms with Gasteiger partial charge in [-0.05, 0) is 30.7 Å². The predicted molar refractivity (Wildman–Crippen MR) is 76.7 cm³/mol. The van der Waals surface area contributed by atoms with E-state index in [-0.39, 0.29) is 0 Å². The van der Waals surface area contributed by atoms with E-state index >= 15 is 0 Å². The van der Waals surface area contributed by atoms with Crippen LogP contribution in [0.15, 0.2) is 47.3 Å². The molecule has 102 valence electrons. The highest BCUT2D eigenvalue weighted by molar-refractivity contribution is 5.56. The molecule has 0 amide bonds. The minimum Gasteiger partial charge on any atom is -0.422 e. The predicted octanol–water partition coefficient (Wildman–Crippen LogP) is 3.06. The molecule has 3 aromatic rings. The lowest BCUT2D eigenvalue weighted by atomic mass is 10.2. The largest absolute Gasteiger partial charge is 0.422 e. The number of nitrogens with one attached hydrogen (secondary N) is 1. The number of nitriles is 1. The number of pyridine rings is 2. The van der Waals surface area contributed by atoms with Crippen LogP contribution in [0.25, 0.3) is 11.5 Å². The molecule has 0 atom stereocenters. The van der Waals surface area contributed by atoms with Gasteiger partial charge in [-0.25, -0.2) is 9.97 Å². The van der Waals surface area contributed by atoms with Gasteiger partial charge in [0, 0.05) is 6.20 Å². The molecule has 0 spiro atoms. The van der Waals surface area contributed by atoms with Crippen molar-refractivity contribution in [1.29, 1.82) is 5.26 Å². The van der Waals surface area contributed by atoms with Crippen LogP contribution >= 0.6 is 0 Å². The molecule has 0 aliphatic carbocycles. The summed E-state index contributed by atoms with van der Waals surface area (Å²) in [7, 11) is 0. The van der Waals surface area contributed by atoms with Crippen LogP contribution in [-0.4, -0.2) is 15.0 Å². The Kier molecular flexibility index (Phi) is 3.31. The topological polar surface area (TPSA) is 87.6 Å². The van der Waals surface area contributed by atoms with Crippen molar-refractivity contribution >= 4 is 11.7 Å². The molecule has 0 saturated carbocycles. The Morgan fingerprint density at radius 2 is 1.95 bits per heavy atom. The Bertz CT molecular complexity index is 784. The molecular formula is C15H11N5O. The first-order chi connectivity index (χ1) is 10.2. The van der Waals surface area contributed by atoms with Crippen molar-refractivity contribution < 1.29 is 4.42 Å². The second-order valence-electron chi connectivity index (χ2n) is 4.42. The molecule has 0 radical (unpaired) electrons. The van der Waals surface area contributed by atoms with Crippen LogP contribution in [0.2, 0.25) is 0 Å². The van der Waals surface area contributed by atoms with Gasteiger partial charge in [-0.2, -0.15) is 5.26 Å². The van der Waals surface area contributed by atoms with Crippen molar-refractivity contribution in [1.82, 2.24) is 15.0 Å². The number of rotatable bonds is 3. The first-order valence-electron chi connectivity index (χ1n) is 6.26. The van der Waals surface area contributed by atoms with E-state index in [0.717, 1.165) is 11.3 Å². The van der Waals surface area contributed by atoms with Crippen LogP contribution in [0.3, 0.4) is 0 Å². The van der Waals surface area contributed by atoms with Gasteiger partial charge in [-0.15, -0.1) is 0 Å². The average Bonchev–Trinajstić information content (AvgIpc) is 2.97. The standard InChI is InChI=1S/C15H11N5O/c1-10-2-5-13(18-7-10)14-9-19-15(21-14)20-12-4-3-11(6-16)17-8-12/h2-5,7-9H,1H3,(H,19,20). The van der Waals surface area contributed by atoms with Crippen LogP contribution in [0.4, 0.5) is 11.7 Å². The third-order valence-corrected chi connectivity index (χ3v) is 2.80. The molecule has 3 aromatic heterocycles. The lowest BCUT2D eigenvalue weighted by molar-refractivity contribution is 0.589. The summed E-state index contributed by atoms with van der Waals surface area (Å²) in [5, 5.41) is 11.7. The summed E-state index contributed by atoms with van der Waals surface area (Å²) < 4.78 is 5.59. The van der Waals surface area contributed by atoms with Gasteiger partial charge in [0.25, 0.3) is 6.01 Å². The Balaban J connectivity index is 1.78. The third kappa shape index (κ3) is 2.87. The van der Waals surface area contributed by atoms with Gasteiger partial charge >= 0.3 is 0 Å². The highest BCUT2D eigenvalue weighted by atomic mass is 16.4. The van der Waals surface area contributed by atoms with Gasteiger partial charge < -0.3 is 9.73 Å². The maximum Gasteiger partial charge on any atom is 0.299 e. The summed E-state index contributed by atoms with van der Waals surface area (Å²) in [5.41, 5.74) is 2.86. The molecule has 3 rings (SSSR count). The monoisotopic (exact) mass is 277 g/mol. The summed E-state index contributed by atoms with van der Waals surface area (Å²) in [6, 6.07) is 9.50. The van der Waals surface area contributed by atoms with Crippen molar-refractivity contribution in [3.8, 4) is 17.5 Å². The van der Waals surface area contributed by atoms with E-state index in [1.54, 1.807) is 30.7 Å². The molecule has 0 aromatic carbocycles. The highest BCUT2D eigenvalue weighted by Gasteiger charge is 2.07. The lowest BCUT2D eigenvalue weighted by Gasteiger charge is -2.00. The SMILES string of the molecule is Cc1ccc(-c2cnc(Nc3ccc(C#N)nc3)o2)nc1. The quantitative estimate of drug-likeness (QED) is 0.791. The second-order valence-corrected chi connectivity index (χ2v) is 4.42. The van der Waals surface area contributed by atoms with Crippen molar-refractivity contribution in [3.05, 3.63) is 54.1 Å². The fourth-order valence-corrected chi connectivity index (χ4v) is 1.72. The molecule has 21 heavy (non-hydrogen) atoms. The van der Waals surface area contributed by atoms with Gasteiger partial charge in [-0.3, -0.25) is 4.98 Å². The number of oxazole rings is 1. The molecule has 0 aliphatic heterocycles. The van der Waals surface area contributed by atoms with Crippen LogP contribution in [-0.2, 0) is 0 Å². The van der Waals surface area contributed by atoms with E-state index in [0.29, 0.717) is 23.2 Å². The van der Waals surface area contributed by atoms with E-state index in [2.05, 4.69) is 20.3 Å². The lowest BCUT2D eigenvalue weighted by Crippen LogP contribution is -1.91. The smallest absolute Gasteiger partial charge is 0.299 e. The van der Waals surface area contributed by atoms with E-state index in [1.807, 2.05) is 25.1 Å². The first kappa shape index (κ1) is 12.8. The molecule has 6 heteroatoms.